The van der Waals surface area contributed by atoms with Crippen LogP contribution in [0, 0.1) is 0 Å². The molecule has 0 aromatic heterocycles. The summed E-state index contributed by atoms with van der Waals surface area (Å²) in [7, 11) is -2.82. The van der Waals surface area contributed by atoms with Crippen molar-refractivity contribution in [3.8, 4) is 0 Å². The van der Waals surface area contributed by atoms with Gasteiger partial charge in [0, 0.05) is 12.1 Å². The minimum absolute atomic E-state index is 0.0528. The Kier molecular flexibility index (Phi) is 4.77. The molecule has 1 N–H and O–H groups in total. The molecule has 1 atom stereocenters. The quantitative estimate of drug-likeness (QED) is 0.929. The van der Waals surface area contributed by atoms with Crippen molar-refractivity contribution in [2.45, 2.75) is 31.8 Å². The minimum atomic E-state index is -2.82. The van der Waals surface area contributed by atoms with Crippen LogP contribution >= 0.6 is 23.2 Å². The van der Waals surface area contributed by atoms with E-state index in [2.05, 4.69) is 5.32 Å². The lowest BCUT2D eigenvalue weighted by atomic mass is 10.1. The fraction of sp³-hybridized carbons (Fsp3) is 0.538. The van der Waals surface area contributed by atoms with Gasteiger partial charge in [0.25, 0.3) is 0 Å². The van der Waals surface area contributed by atoms with Crippen molar-refractivity contribution < 1.29 is 8.42 Å². The van der Waals surface area contributed by atoms with E-state index in [0.717, 1.165) is 5.56 Å². The molecule has 2 rings (SSSR count). The molecule has 0 saturated carbocycles. The third kappa shape index (κ3) is 3.85. The van der Waals surface area contributed by atoms with E-state index in [1.165, 1.54) is 0 Å². The molecule has 0 radical (unpaired) electrons. The normalized spacial score (nSPS) is 21.2. The molecule has 1 heterocycles. The Morgan fingerprint density at radius 3 is 2.53 bits per heavy atom. The lowest BCUT2D eigenvalue weighted by Crippen LogP contribution is -2.38. The summed E-state index contributed by atoms with van der Waals surface area (Å²) in [4.78, 5) is 0. The number of sulfone groups is 1. The third-order valence-corrected chi connectivity index (χ3v) is 6.04. The number of halogens is 2. The van der Waals surface area contributed by atoms with Crippen molar-refractivity contribution in [1.82, 2.24) is 5.32 Å². The van der Waals surface area contributed by atoms with Crippen molar-refractivity contribution in [2.24, 2.45) is 0 Å². The maximum atomic E-state index is 11.4. The predicted molar refractivity (Wildman–Crippen MR) is 79.7 cm³/mol. The fourth-order valence-electron chi connectivity index (χ4n) is 2.35. The van der Waals surface area contributed by atoms with E-state index < -0.39 is 9.84 Å². The van der Waals surface area contributed by atoms with Crippen LogP contribution in [0.1, 0.15) is 31.4 Å². The molecule has 6 heteroatoms. The summed E-state index contributed by atoms with van der Waals surface area (Å²) in [6.45, 7) is 2.01. The van der Waals surface area contributed by atoms with Crippen LogP contribution < -0.4 is 5.32 Å². The summed E-state index contributed by atoms with van der Waals surface area (Å²) in [5.41, 5.74) is 0.947. The van der Waals surface area contributed by atoms with Crippen molar-refractivity contribution in [1.29, 1.82) is 0 Å². The molecule has 0 bridgehead atoms. The highest BCUT2D eigenvalue weighted by atomic mass is 35.5. The van der Waals surface area contributed by atoms with E-state index in [4.69, 9.17) is 23.2 Å². The molecule has 0 amide bonds. The Morgan fingerprint density at radius 1 is 1.26 bits per heavy atom. The highest BCUT2D eigenvalue weighted by molar-refractivity contribution is 7.91. The highest BCUT2D eigenvalue weighted by Gasteiger charge is 2.25. The molecule has 1 aliphatic heterocycles. The summed E-state index contributed by atoms with van der Waals surface area (Å²) >= 11 is 12.2. The van der Waals surface area contributed by atoms with Crippen LogP contribution in [0.4, 0.5) is 0 Å². The van der Waals surface area contributed by atoms with E-state index in [1.807, 2.05) is 19.1 Å². The average Bonchev–Trinajstić information content (AvgIpc) is 2.35. The van der Waals surface area contributed by atoms with Crippen LogP contribution in [0.25, 0.3) is 0 Å². The highest BCUT2D eigenvalue weighted by Crippen LogP contribution is 2.30. The van der Waals surface area contributed by atoms with Gasteiger partial charge < -0.3 is 5.32 Å². The number of hydrogen-bond donors (Lipinski definition) is 1. The number of nitrogens with one attached hydrogen (secondary N) is 1. The second kappa shape index (κ2) is 6.00. The minimum Gasteiger partial charge on any atom is -0.307 e. The van der Waals surface area contributed by atoms with Gasteiger partial charge in [-0.25, -0.2) is 8.42 Å². The van der Waals surface area contributed by atoms with Crippen molar-refractivity contribution in [3.05, 3.63) is 33.8 Å². The van der Waals surface area contributed by atoms with Crippen LogP contribution in [0.5, 0.6) is 0 Å². The number of benzene rings is 1. The molecule has 3 nitrogen and oxygen atoms in total. The van der Waals surface area contributed by atoms with Gasteiger partial charge in [-0.1, -0.05) is 35.3 Å². The molecular weight excluding hydrogens is 305 g/mol. The van der Waals surface area contributed by atoms with E-state index in [1.54, 1.807) is 6.07 Å². The molecule has 1 fully saturated rings. The van der Waals surface area contributed by atoms with Gasteiger partial charge in [-0.3, -0.25) is 0 Å². The zero-order valence-electron chi connectivity index (χ0n) is 10.7. The standard InChI is InChI=1S/C13H17Cl2NO2S/c1-9(11-3-2-4-12(14)13(11)15)16-10-5-7-19(17,18)8-6-10/h2-4,9-10,16H,5-8H2,1H3. The van der Waals surface area contributed by atoms with Gasteiger partial charge in [-0.2, -0.15) is 0 Å². The van der Waals surface area contributed by atoms with Crippen molar-refractivity contribution in [3.63, 3.8) is 0 Å². The summed E-state index contributed by atoms with van der Waals surface area (Å²) in [6.07, 6.45) is 1.32. The smallest absolute Gasteiger partial charge is 0.150 e. The molecule has 106 valence electrons. The van der Waals surface area contributed by atoms with Gasteiger partial charge in [0.1, 0.15) is 9.84 Å². The average molecular weight is 322 g/mol. The first-order chi connectivity index (χ1) is 8.89. The molecule has 1 aromatic rings. The largest absolute Gasteiger partial charge is 0.307 e. The Balaban J connectivity index is 2.02. The summed E-state index contributed by atoms with van der Waals surface area (Å²) < 4.78 is 22.8. The third-order valence-electron chi connectivity index (χ3n) is 3.49. The fourth-order valence-corrected chi connectivity index (χ4v) is 4.32. The maximum Gasteiger partial charge on any atom is 0.150 e. The zero-order chi connectivity index (χ0) is 14.0. The molecule has 1 aliphatic rings. The zero-order valence-corrected chi connectivity index (χ0v) is 13.0. The molecule has 1 saturated heterocycles. The Hall–Kier alpha value is -0.290. The summed E-state index contributed by atoms with van der Waals surface area (Å²) in [6, 6.07) is 5.83. The van der Waals surface area contributed by atoms with Gasteiger partial charge in [0.05, 0.1) is 21.6 Å². The van der Waals surface area contributed by atoms with Crippen molar-refractivity contribution >= 4 is 33.0 Å². The van der Waals surface area contributed by atoms with Crippen LogP contribution in [0.15, 0.2) is 18.2 Å². The lowest BCUT2D eigenvalue weighted by Gasteiger charge is -2.27. The molecule has 19 heavy (non-hydrogen) atoms. The second-order valence-corrected chi connectivity index (χ2v) is 8.05. The van der Waals surface area contributed by atoms with Crippen LogP contribution in [0.2, 0.25) is 10.0 Å². The second-order valence-electron chi connectivity index (χ2n) is 4.96. The first-order valence-corrected chi connectivity index (χ1v) is 8.87. The topological polar surface area (TPSA) is 46.2 Å². The van der Waals surface area contributed by atoms with Gasteiger partial charge >= 0.3 is 0 Å². The van der Waals surface area contributed by atoms with Gasteiger partial charge in [-0.15, -0.1) is 0 Å². The lowest BCUT2D eigenvalue weighted by molar-refractivity contribution is 0.420. The van der Waals surface area contributed by atoms with Gasteiger partial charge in [-0.05, 0) is 31.4 Å². The first kappa shape index (κ1) is 15.1. The van der Waals surface area contributed by atoms with Crippen molar-refractivity contribution in [2.75, 3.05) is 11.5 Å². The first-order valence-electron chi connectivity index (χ1n) is 6.29. The molecule has 0 aliphatic carbocycles. The van der Waals surface area contributed by atoms with E-state index in [0.29, 0.717) is 22.9 Å². The SMILES string of the molecule is CC(NC1CCS(=O)(=O)CC1)c1cccc(Cl)c1Cl. The summed E-state index contributed by atoms with van der Waals surface area (Å²) in [5.74, 6) is 0.529. The van der Waals surface area contributed by atoms with E-state index in [-0.39, 0.29) is 23.6 Å². The van der Waals surface area contributed by atoms with E-state index in [9.17, 15) is 8.42 Å². The van der Waals surface area contributed by atoms with Gasteiger partial charge in [0.15, 0.2) is 0 Å². The molecule has 1 aromatic carbocycles. The van der Waals surface area contributed by atoms with Crippen LogP contribution in [0.3, 0.4) is 0 Å². The number of rotatable bonds is 3. The van der Waals surface area contributed by atoms with Crippen LogP contribution in [-0.2, 0) is 9.84 Å². The summed E-state index contributed by atoms with van der Waals surface area (Å²) in [5, 5.41) is 4.54. The predicted octanol–water partition coefficient (Wildman–Crippen LogP) is 3.22. The maximum absolute atomic E-state index is 11.4. The van der Waals surface area contributed by atoms with Gasteiger partial charge in [0.2, 0.25) is 0 Å². The Morgan fingerprint density at radius 2 is 1.89 bits per heavy atom. The molecular formula is C13H17Cl2NO2S. The molecule has 0 spiro atoms. The Bertz CT molecular complexity index is 546. The molecule has 1 unspecified atom stereocenters. The monoisotopic (exact) mass is 321 g/mol. The van der Waals surface area contributed by atoms with Crippen LogP contribution in [-0.4, -0.2) is 26.0 Å². The Labute approximate surface area is 124 Å². The van der Waals surface area contributed by atoms with E-state index >= 15 is 0 Å². The number of hydrogen-bond acceptors (Lipinski definition) is 3.